The highest BCUT2D eigenvalue weighted by Gasteiger charge is 2.66. The van der Waals surface area contributed by atoms with Crippen LogP contribution in [0.3, 0.4) is 0 Å². The molecule has 0 spiro atoms. The van der Waals surface area contributed by atoms with Crippen LogP contribution < -0.4 is 4.74 Å². The zero-order valence-corrected chi connectivity index (χ0v) is 19.0. The van der Waals surface area contributed by atoms with Gasteiger partial charge >= 0.3 is 5.97 Å². The minimum Gasteiger partial charge on any atom is -0.426 e. The van der Waals surface area contributed by atoms with Crippen LogP contribution in [0.4, 0.5) is 0 Å². The van der Waals surface area contributed by atoms with Crippen molar-refractivity contribution in [3.05, 3.63) is 29.8 Å². The van der Waals surface area contributed by atoms with Crippen molar-refractivity contribution in [2.75, 3.05) is 19.8 Å². The summed E-state index contributed by atoms with van der Waals surface area (Å²) in [5.74, 6) is -0.731. The lowest BCUT2D eigenvalue weighted by atomic mass is 9.80. The third-order valence-corrected chi connectivity index (χ3v) is 5.98. The molecule has 3 rings (SSSR count). The van der Waals surface area contributed by atoms with E-state index in [4.69, 9.17) is 23.4 Å². The predicted octanol–water partition coefficient (Wildman–Crippen LogP) is 4.06. The van der Waals surface area contributed by atoms with Gasteiger partial charge in [-0.15, -0.1) is 0 Å². The van der Waals surface area contributed by atoms with E-state index in [1.54, 1.807) is 6.07 Å². The molecule has 2 aliphatic heterocycles. The van der Waals surface area contributed by atoms with Crippen molar-refractivity contribution in [1.82, 2.24) is 0 Å². The maximum absolute atomic E-state index is 12.5. The number of para-hydroxylation sites is 1. The zero-order valence-electron chi connectivity index (χ0n) is 18.0. The molecule has 7 heteroatoms. The Kier molecular flexibility index (Phi) is 5.53. The molecule has 2 aliphatic rings. The summed E-state index contributed by atoms with van der Waals surface area (Å²) >= 11 is 0. The van der Waals surface area contributed by atoms with E-state index in [9.17, 15) is 4.79 Å². The lowest BCUT2D eigenvalue weighted by Gasteiger charge is -2.57. The second kappa shape index (κ2) is 7.22. The van der Waals surface area contributed by atoms with Crippen LogP contribution in [-0.4, -0.2) is 45.5 Å². The minimum absolute atomic E-state index is 0.296. The summed E-state index contributed by atoms with van der Waals surface area (Å²) in [6.07, 6.45) is -0.453. The molecule has 0 unspecified atom stereocenters. The van der Waals surface area contributed by atoms with Crippen LogP contribution >= 0.6 is 0 Å². The van der Waals surface area contributed by atoms with E-state index in [1.165, 1.54) is 0 Å². The molecule has 2 atom stereocenters. The van der Waals surface area contributed by atoms with Gasteiger partial charge in [0.15, 0.2) is 19.7 Å². The molecule has 156 valence electrons. The Morgan fingerprint density at radius 2 is 1.75 bits per heavy atom. The summed E-state index contributed by atoms with van der Waals surface area (Å²) in [6.45, 7) is 15.2. The molecule has 1 aromatic carbocycles. The lowest BCUT2D eigenvalue weighted by molar-refractivity contribution is -0.356. The standard InChI is InChI=1S/C21H32O6Si/c1-19(2,3)18(22)26-16-11-9-8-10-15(16)17-21(14-23-17,27-28(5,6)7)20(4)24-12-13-25-20/h8-11,17H,12-14H2,1-7H3/t17-,21-/m1/s1. The number of hydrogen-bond acceptors (Lipinski definition) is 6. The van der Waals surface area contributed by atoms with Gasteiger partial charge < -0.3 is 23.4 Å². The van der Waals surface area contributed by atoms with E-state index in [0.717, 1.165) is 5.56 Å². The van der Waals surface area contributed by atoms with Crippen molar-refractivity contribution in [1.29, 1.82) is 0 Å². The molecule has 6 nitrogen and oxygen atoms in total. The Labute approximate surface area is 168 Å². The first-order valence-electron chi connectivity index (χ1n) is 9.79. The van der Waals surface area contributed by atoms with E-state index in [0.29, 0.717) is 25.6 Å². The fourth-order valence-corrected chi connectivity index (χ4v) is 5.00. The molecule has 0 aliphatic carbocycles. The van der Waals surface area contributed by atoms with Gasteiger partial charge in [-0.3, -0.25) is 4.79 Å². The van der Waals surface area contributed by atoms with Crippen molar-refractivity contribution >= 4 is 14.3 Å². The van der Waals surface area contributed by atoms with Crippen LogP contribution in [0, 0.1) is 5.41 Å². The molecular formula is C21H32O6Si. The first kappa shape index (κ1) is 21.5. The van der Waals surface area contributed by atoms with Crippen molar-refractivity contribution in [3.8, 4) is 5.75 Å². The van der Waals surface area contributed by atoms with Gasteiger partial charge in [-0.2, -0.15) is 0 Å². The number of carbonyl (C=O) groups excluding carboxylic acids is 1. The summed E-state index contributed by atoms with van der Waals surface area (Å²) in [5, 5.41) is 0. The highest BCUT2D eigenvalue weighted by atomic mass is 28.4. The summed E-state index contributed by atoms with van der Waals surface area (Å²) in [6, 6.07) is 7.45. The number of ether oxygens (including phenoxy) is 4. The average molecular weight is 409 g/mol. The first-order valence-corrected chi connectivity index (χ1v) is 13.2. The molecule has 2 heterocycles. The van der Waals surface area contributed by atoms with E-state index < -0.39 is 31.2 Å². The molecule has 2 saturated heterocycles. The third-order valence-electron chi connectivity index (χ3n) is 5.00. The maximum atomic E-state index is 12.5. The quantitative estimate of drug-likeness (QED) is 0.416. The summed E-state index contributed by atoms with van der Waals surface area (Å²) in [5.41, 5.74) is -0.633. The maximum Gasteiger partial charge on any atom is 0.316 e. The number of benzene rings is 1. The largest absolute Gasteiger partial charge is 0.426 e. The Morgan fingerprint density at radius 1 is 1.14 bits per heavy atom. The molecule has 0 saturated carbocycles. The highest BCUT2D eigenvalue weighted by Crippen LogP contribution is 2.54. The van der Waals surface area contributed by atoms with Crippen LogP contribution in [-0.2, 0) is 23.4 Å². The monoisotopic (exact) mass is 408 g/mol. The van der Waals surface area contributed by atoms with Gasteiger partial charge in [0, 0.05) is 5.56 Å². The van der Waals surface area contributed by atoms with E-state index in [-0.39, 0.29) is 5.97 Å². The Balaban J connectivity index is 1.99. The van der Waals surface area contributed by atoms with Crippen LogP contribution in [0.15, 0.2) is 24.3 Å². The second-order valence-corrected chi connectivity index (χ2v) is 14.0. The van der Waals surface area contributed by atoms with Gasteiger partial charge in [0.25, 0.3) is 0 Å². The average Bonchev–Trinajstić information content (AvgIpc) is 2.99. The van der Waals surface area contributed by atoms with E-state index in [1.807, 2.05) is 45.9 Å². The number of carbonyl (C=O) groups is 1. The van der Waals surface area contributed by atoms with E-state index >= 15 is 0 Å². The Morgan fingerprint density at radius 3 is 2.25 bits per heavy atom. The zero-order chi connectivity index (χ0) is 20.8. The van der Waals surface area contributed by atoms with Crippen molar-refractivity contribution in [2.24, 2.45) is 5.41 Å². The molecule has 0 aromatic heterocycles. The second-order valence-electron chi connectivity index (χ2n) is 9.61. The van der Waals surface area contributed by atoms with Crippen molar-refractivity contribution < 1.29 is 28.2 Å². The summed E-state index contributed by atoms with van der Waals surface area (Å²) in [4.78, 5) is 12.5. The normalized spacial score (nSPS) is 27.3. The third kappa shape index (κ3) is 3.91. The number of esters is 1. The SMILES string of the molecule is CC(C)(C)C(=O)Oc1ccccc1[C@H]1OC[C@]1(O[Si](C)(C)C)C1(C)OCCO1. The van der Waals surface area contributed by atoms with Gasteiger partial charge in [-0.1, -0.05) is 18.2 Å². The fourth-order valence-electron chi connectivity index (χ4n) is 3.55. The minimum atomic E-state index is -1.98. The van der Waals surface area contributed by atoms with Crippen LogP contribution in [0.1, 0.15) is 39.4 Å². The molecule has 28 heavy (non-hydrogen) atoms. The smallest absolute Gasteiger partial charge is 0.316 e. The number of hydrogen-bond donors (Lipinski definition) is 0. The molecule has 1 aromatic rings. The summed E-state index contributed by atoms with van der Waals surface area (Å²) < 4.78 is 30.4. The van der Waals surface area contributed by atoms with Gasteiger partial charge in [0.1, 0.15) is 11.9 Å². The Hall–Kier alpha value is -1.25. The lowest BCUT2D eigenvalue weighted by Crippen LogP contribution is -2.70. The molecule has 0 N–H and O–H groups in total. The van der Waals surface area contributed by atoms with Crippen LogP contribution in [0.5, 0.6) is 5.75 Å². The topological polar surface area (TPSA) is 63.2 Å². The predicted molar refractivity (Wildman–Crippen MR) is 108 cm³/mol. The van der Waals surface area contributed by atoms with E-state index in [2.05, 4.69) is 19.6 Å². The van der Waals surface area contributed by atoms with Gasteiger partial charge in [0.2, 0.25) is 0 Å². The molecule has 0 bridgehead atoms. The molecular weight excluding hydrogens is 376 g/mol. The fraction of sp³-hybridized carbons (Fsp3) is 0.667. The van der Waals surface area contributed by atoms with Crippen LogP contribution in [0.2, 0.25) is 19.6 Å². The highest BCUT2D eigenvalue weighted by molar-refractivity contribution is 6.69. The molecule has 0 amide bonds. The van der Waals surface area contributed by atoms with Crippen molar-refractivity contribution in [2.45, 2.75) is 64.8 Å². The first-order chi connectivity index (χ1) is 12.9. The molecule has 2 fully saturated rings. The van der Waals surface area contributed by atoms with Gasteiger partial charge in [-0.05, 0) is 53.4 Å². The van der Waals surface area contributed by atoms with Crippen molar-refractivity contribution in [3.63, 3.8) is 0 Å². The Bertz CT molecular complexity index is 729. The van der Waals surface area contributed by atoms with Gasteiger partial charge in [0.05, 0.1) is 25.2 Å². The van der Waals surface area contributed by atoms with Crippen LogP contribution in [0.25, 0.3) is 0 Å². The van der Waals surface area contributed by atoms with Gasteiger partial charge in [-0.25, -0.2) is 0 Å². The molecule has 0 radical (unpaired) electrons. The summed E-state index contributed by atoms with van der Waals surface area (Å²) in [7, 11) is -1.98. The number of rotatable bonds is 5.